The van der Waals surface area contributed by atoms with Crippen LogP contribution in [0.1, 0.15) is 0 Å². The molecule has 5 nitrogen and oxygen atoms in total. The predicted octanol–water partition coefficient (Wildman–Crippen LogP) is 1.88. The number of hydrogen-bond donors (Lipinski definition) is 0. The maximum absolute atomic E-state index is 13.3. The zero-order chi connectivity index (χ0) is 15.7. The van der Waals surface area contributed by atoms with Crippen molar-refractivity contribution in [1.29, 1.82) is 0 Å². The molecule has 3 rings (SSSR count). The van der Waals surface area contributed by atoms with Gasteiger partial charge in [-0.2, -0.15) is 0 Å². The highest BCUT2D eigenvalue weighted by Gasteiger charge is 2.12. The molecule has 0 aliphatic rings. The van der Waals surface area contributed by atoms with E-state index in [9.17, 15) is 13.6 Å². The monoisotopic (exact) mass is 318 g/mol. The zero-order valence-corrected chi connectivity index (χ0v) is 11.8. The van der Waals surface area contributed by atoms with Crippen LogP contribution in [0, 0.1) is 24.0 Å². The molecule has 2 heterocycles. The van der Waals surface area contributed by atoms with Crippen LogP contribution < -0.4 is 5.56 Å². The van der Waals surface area contributed by atoms with Crippen molar-refractivity contribution in [2.45, 2.75) is 5.16 Å². The average molecular weight is 318 g/mol. The Kier molecular flexibility index (Phi) is 3.65. The minimum Gasteiger partial charge on any atom is -0.279 e. The van der Waals surface area contributed by atoms with Gasteiger partial charge >= 0.3 is 5.56 Å². The van der Waals surface area contributed by atoms with Gasteiger partial charge in [-0.25, -0.2) is 8.78 Å². The Balaban J connectivity index is 2.13. The number of aromatic nitrogens is 4. The molecule has 0 unspecified atom stereocenters. The van der Waals surface area contributed by atoms with Crippen LogP contribution in [-0.2, 0) is 0 Å². The van der Waals surface area contributed by atoms with E-state index in [0.717, 1.165) is 12.1 Å². The highest BCUT2D eigenvalue weighted by Crippen LogP contribution is 2.16. The highest BCUT2D eigenvalue weighted by atomic mass is 32.2. The number of thioether (sulfide) groups is 1. The summed E-state index contributed by atoms with van der Waals surface area (Å²) in [5, 5.41) is 8.20. The van der Waals surface area contributed by atoms with Gasteiger partial charge in [-0.1, -0.05) is 17.7 Å². The summed E-state index contributed by atoms with van der Waals surface area (Å²) in [6.07, 6.45) is 8.19. The van der Waals surface area contributed by atoms with Crippen molar-refractivity contribution in [1.82, 2.24) is 19.2 Å². The lowest BCUT2D eigenvalue weighted by atomic mass is 10.3. The quantitative estimate of drug-likeness (QED) is 0.547. The van der Waals surface area contributed by atoms with Gasteiger partial charge in [-0.05, 0) is 12.1 Å². The molecule has 8 heteroatoms. The second-order valence-corrected chi connectivity index (χ2v) is 5.18. The summed E-state index contributed by atoms with van der Waals surface area (Å²) in [4.78, 5) is 12.4. The first-order valence-electron chi connectivity index (χ1n) is 6.10. The van der Waals surface area contributed by atoms with E-state index >= 15 is 0 Å². The molecular formula is C14H8F2N4OS. The predicted molar refractivity (Wildman–Crippen MR) is 78.1 cm³/mol. The molecule has 0 bridgehead atoms. The molecule has 1 aromatic carbocycles. The molecule has 22 heavy (non-hydrogen) atoms. The molecule has 0 spiro atoms. The van der Waals surface area contributed by atoms with Gasteiger partial charge in [0.25, 0.3) is 0 Å². The lowest BCUT2D eigenvalue weighted by molar-refractivity contribution is 0.508. The van der Waals surface area contributed by atoms with Crippen LogP contribution in [0.3, 0.4) is 0 Å². The summed E-state index contributed by atoms with van der Waals surface area (Å²) in [7, 11) is 0. The van der Waals surface area contributed by atoms with Crippen LogP contribution in [0.2, 0.25) is 0 Å². The average Bonchev–Trinajstić information content (AvgIpc) is 2.92. The highest BCUT2D eigenvalue weighted by molar-refractivity contribution is 7.99. The Morgan fingerprint density at radius 2 is 2.05 bits per heavy atom. The molecule has 110 valence electrons. The molecule has 0 fully saturated rings. The number of terminal acetylenes is 1. The van der Waals surface area contributed by atoms with Gasteiger partial charge in [-0.15, -0.1) is 16.6 Å². The minimum atomic E-state index is -1.03. The van der Waals surface area contributed by atoms with Crippen LogP contribution in [0.15, 0.2) is 40.5 Å². The number of halogens is 2. The van der Waals surface area contributed by atoms with Crippen molar-refractivity contribution >= 4 is 17.4 Å². The molecule has 0 N–H and O–H groups in total. The van der Waals surface area contributed by atoms with Gasteiger partial charge in [-0.3, -0.25) is 13.8 Å². The normalized spacial score (nSPS) is 10.8. The smallest absolute Gasteiger partial charge is 0.279 e. The summed E-state index contributed by atoms with van der Waals surface area (Å²) in [5.74, 6) is 0.841. The van der Waals surface area contributed by atoms with Crippen molar-refractivity contribution in [2.75, 3.05) is 5.75 Å². The summed E-state index contributed by atoms with van der Waals surface area (Å²) in [5.41, 5.74) is -0.215. The first-order chi connectivity index (χ1) is 10.6. The van der Waals surface area contributed by atoms with E-state index in [-0.39, 0.29) is 11.3 Å². The molecule has 2 aromatic heterocycles. The fourth-order valence-corrected chi connectivity index (χ4v) is 2.51. The molecule has 0 amide bonds. The van der Waals surface area contributed by atoms with Gasteiger partial charge in [0, 0.05) is 18.5 Å². The minimum absolute atomic E-state index is 0.0757. The molecule has 0 aliphatic heterocycles. The number of nitrogens with zero attached hydrogens (tertiary/aromatic N) is 4. The van der Waals surface area contributed by atoms with Crippen LogP contribution in [-0.4, -0.2) is 24.9 Å². The van der Waals surface area contributed by atoms with E-state index in [1.54, 1.807) is 6.20 Å². The summed E-state index contributed by atoms with van der Waals surface area (Å²) in [6, 6.07) is 3.21. The third-order valence-corrected chi connectivity index (χ3v) is 3.75. The standard InChI is InChI=1S/C14H8F2N4OS/c1-2-7-22-14-18-17-12-13(21)19(5-6-20(12)14)9-3-4-10(15)11(16)8-9/h1,3-6,8H,7H2. The van der Waals surface area contributed by atoms with Crippen molar-refractivity contribution < 1.29 is 8.78 Å². The van der Waals surface area contributed by atoms with E-state index in [1.807, 2.05) is 0 Å². The molecule has 0 radical (unpaired) electrons. The summed E-state index contributed by atoms with van der Waals surface area (Å²) >= 11 is 1.27. The molecule has 0 saturated carbocycles. The summed E-state index contributed by atoms with van der Waals surface area (Å²) in [6.45, 7) is 0. The van der Waals surface area contributed by atoms with Crippen molar-refractivity contribution in [3.05, 3.63) is 52.6 Å². The van der Waals surface area contributed by atoms with Gasteiger partial charge in [0.05, 0.1) is 11.4 Å². The topological polar surface area (TPSA) is 52.2 Å². The van der Waals surface area contributed by atoms with Crippen LogP contribution >= 0.6 is 11.8 Å². The van der Waals surface area contributed by atoms with E-state index in [4.69, 9.17) is 6.42 Å². The molecule has 0 saturated heterocycles. The van der Waals surface area contributed by atoms with Crippen molar-refractivity contribution in [2.24, 2.45) is 0 Å². The fourth-order valence-electron chi connectivity index (χ4n) is 1.91. The second-order valence-electron chi connectivity index (χ2n) is 4.24. The molecular weight excluding hydrogens is 310 g/mol. The van der Waals surface area contributed by atoms with Gasteiger partial charge in [0.1, 0.15) is 0 Å². The Bertz CT molecular complexity index is 958. The van der Waals surface area contributed by atoms with Crippen molar-refractivity contribution in [3.8, 4) is 18.0 Å². The number of hydrogen-bond acceptors (Lipinski definition) is 4. The first-order valence-corrected chi connectivity index (χ1v) is 7.08. The van der Waals surface area contributed by atoms with Gasteiger partial charge < -0.3 is 0 Å². The SMILES string of the molecule is C#CCSc1nnc2c(=O)n(-c3ccc(F)c(F)c3)ccn12. The van der Waals surface area contributed by atoms with Crippen molar-refractivity contribution in [3.63, 3.8) is 0 Å². The third kappa shape index (κ3) is 2.35. The van der Waals surface area contributed by atoms with E-state index in [1.165, 1.54) is 33.0 Å². The van der Waals surface area contributed by atoms with E-state index in [2.05, 4.69) is 16.1 Å². The summed E-state index contributed by atoms with van der Waals surface area (Å²) < 4.78 is 29.0. The Morgan fingerprint density at radius 1 is 1.23 bits per heavy atom. The largest absolute Gasteiger partial charge is 0.300 e. The Labute approximate surface area is 127 Å². The lowest BCUT2D eigenvalue weighted by Crippen LogP contribution is -2.20. The Morgan fingerprint density at radius 3 is 2.77 bits per heavy atom. The van der Waals surface area contributed by atoms with Crippen LogP contribution in [0.4, 0.5) is 8.78 Å². The maximum Gasteiger partial charge on any atom is 0.300 e. The lowest BCUT2D eigenvalue weighted by Gasteiger charge is -2.06. The molecule has 0 atom stereocenters. The Hall–Kier alpha value is -2.66. The first kappa shape index (κ1) is 14.3. The zero-order valence-electron chi connectivity index (χ0n) is 11.0. The van der Waals surface area contributed by atoms with E-state index < -0.39 is 17.2 Å². The third-order valence-electron chi connectivity index (χ3n) is 2.91. The number of benzene rings is 1. The van der Waals surface area contributed by atoms with Crippen LogP contribution in [0.5, 0.6) is 0 Å². The van der Waals surface area contributed by atoms with Gasteiger partial charge in [0.2, 0.25) is 5.65 Å². The van der Waals surface area contributed by atoms with E-state index in [0.29, 0.717) is 10.9 Å². The molecule has 0 aliphatic carbocycles. The maximum atomic E-state index is 13.3. The van der Waals surface area contributed by atoms with Gasteiger partial charge in [0.15, 0.2) is 16.8 Å². The fraction of sp³-hybridized carbons (Fsp3) is 0.0714. The number of fused-ring (bicyclic) bond motifs is 1. The number of rotatable bonds is 3. The second kappa shape index (κ2) is 5.61. The van der Waals surface area contributed by atoms with Crippen LogP contribution in [0.25, 0.3) is 11.3 Å². The molecule has 3 aromatic rings.